The molecule has 2 fully saturated rings. The zero-order valence-corrected chi connectivity index (χ0v) is 22.3. The molecule has 2 aromatic heterocycles. The molecule has 1 saturated carbocycles. The molecule has 1 saturated heterocycles. The molecule has 0 spiro atoms. The van der Waals surface area contributed by atoms with E-state index in [2.05, 4.69) is 54.8 Å². The average molecular weight is 494 g/mol. The van der Waals surface area contributed by atoms with Crippen LogP contribution in [0.2, 0.25) is 0 Å². The molecule has 3 heterocycles. The Kier molecular flexibility index (Phi) is 7.31. The second-order valence-electron chi connectivity index (χ2n) is 11.5. The van der Waals surface area contributed by atoms with E-state index in [-0.39, 0.29) is 11.2 Å². The topological polar surface area (TPSA) is 49.6 Å². The number of carbonyl (C=O) groups is 1. The number of rotatable bonds is 7. The number of anilines is 1. The van der Waals surface area contributed by atoms with Crippen molar-refractivity contribution in [1.82, 2.24) is 9.27 Å². The van der Waals surface area contributed by atoms with Crippen molar-refractivity contribution in [2.45, 2.75) is 64.7 Å². The van der Waals surface area contributed by atoms with Gasteiger partial charge >= 0.3 is 0 Å². The molecule has 35 heavy (non-hydrogen) atoms. The highest BCUT2D eigenvalue weighted by Crippen LogP contribution is 2.35. The predicted molar refractivity (Wildman–Crippen MR) is 145 cm³/mol. The van der Waals surface area contributed by atoms with Gasteiger partial charge in [-0.3, -0.25) is 9.69 Å². The number of carbonyl (C=O) groups excluding carboxylic acids is 1. The smallest absolute Gasteiger partial charge is 0.198 e. The van der Waals surface area contributed by atoms with E-state index in [0.717, 1.165) is 37.7 Å². The minimum Gasteiger partial charge on any atom is -0.461 e. The summed E-state index contributed by atoms with van der Waals surface area (Å²) in [5.74, 6) is 3.25. The normalized spacial score (nSPS) is 22.1. The van der Waals surface area contributed by atoms with E-state index in [1.165, 1.54) is 54.6 Å². The fourth-order valence-electron chi connectivity index (χ4n) is 5.84. The van der Waals surface area contributed by atoms with Crippen LogP contribution in [0.3, 0.4) is 0 Å². The van der Waals surface area contributed by atoms with Gasteiger partial charge in [0.15, 0.2) is 11.5 Å². The summed E-state index contributed by atoms with van der Waals surface area (Å²) in [6.45, 7) is 12.0. The number of piperazine rings is 1. The highest BCUT2D eigenvalue weighted by Gasteiger charge is 2.29. The first-order valence-corrected chi connectivity index (χ1v) is 14.1. The number of nitrogens with zero attached hydrogens (tertiary/aromatic N) is 3. The van der Waals surface area contributed by atoms with Crippen molar-refractivity contribution in [3.8, 4) is 0 Å². The van der Waals surface area contributed by atoms with Gasteiger partial charge < -0.3 is 9.32 Å². The Hall–Kier alpha value is -2.18. The fraction of sp³-hybridized carbons (Fsp3) is 0.586. The Morgan fingerprint density at radius 2 is 1.74 bits per heavy atom. The minimum absolute atomic E-state index is 0.0604. The predicted octanol–water partition coefficient (Wildman–Crippen LogP) is 6.78. The monoisotopic (exact) mass is 493 g/mol. The maximum absolute atomic E-state index is 12.9. The van der Waals surface area contributed by atoms with Crippen LogP contribution in [0.1, 0.15) is 75.4 Å². The molecule has 3 aromatic rings. The summed E-state index contributed by atoms with van der Waals surface area (Å²) >= 11 is 1.61. The molecule has 2 aliphatic rings. The minimum atomic E-state index is -0.0604. The van der Waals surface area contributed by atoms with Crippen LogP contribution in [0.5, 0.6) is 0 Å². The van der Waals surface area contributed by atoms with E-state index in [4.69, 9.17) is 8.79 Å². The van der Waals surface area contributed by atoms with E-state index < -0.39 is 0 Å². The zero-order chi connectivity index (χ0) is 24.4. The maximum atomic E-state index is 12.9. The van der Waals surface area contributed by atoms with Crippen molar-refractivity contribution in [2.75, 3.05) is 37.6 Å². The summed E-state index contributed by atoms with van der Waals surface area (Å²) in [6, 6.07) is 10.5. The summed E-state index contributed by atoms with van der Waals surface area (Å²) in [5.41, 5.74) is 0.981. The molecule has 0 amide bonds. The van der Waals surface area contributed by atoms with Crippen LogP contribution in [0.25, 0.3) is 10.1 Å². The van der Waals surface area contributed by atoms with Gasteiger partial charge in [0.25, 0.3) is 0 Å². The standard InChI is InChI=1S/C29H39N3O2S/c1-29(2,3)24-13-19-34-27(24)25(33)20-22-10-8-21(9-11-22)12-14-31-15-17-32(18-16-31)28-23-6-4-5-7-26(23)35-30-28/h4-7,13,19,21-22H,8-12,14-18,20H2,1-3H3. The Bertz CT molecular complexity index is 1130. The lowest BCUT2D eigenvalue weighted by Gasteiger charge is -2.36. The average Bonchev–Trinajstić information content (AvgIpc) is 3.52. The third-order valence-corrected chi connectivity index (χ3v) is 8.87. The molecule has 6 heteroatoms. The van der Waals surface area contributed by atoms with Gasteiger partial charge in [-0.2, -0.15) is 4.37 Å². The van der Waals surface area contributed by atoms with Gasteiger partial charge in [0.05, 0.1) is 11.0 Å². The van der Waals surface area contributed by atoms with Crippen LogP contribution >= 0.6 is 11.5 Å². The SMILES string of the molecule is CC(C)(C)c1ccoc1C(=O)CC1CCC(CCN2CCN(c3nsc4ccccc34)CC2)CC1. The van der Waals surface area contributed by atoms with Crippen LogP contribution in [0, 0.1) is 11.8 Å². The van der Waals surface area contributed by atoms with Gasteiger partial charge in [0.2, 0.25) is 0 Å². The number of hydrogen-bond donors (Lipinski definition) is 0. The van der Waals surface area contributed by atoms with Crippen LogP contribution in [-0.4, -0.2) is 47.8 Å². The zero-order valence-electron chi connectivity index (χ0n) is 21.5. The van der Waals surface area contributed by atoms with E-state index in [1.807, 2.05) is 6.07 Å². The Balaban J connectivity index is 1.04. The third kappa shape index (κ3) is 5.64. The molecule has 1 aliphatic heterocycles. The van der Waals surface area contributed by atoms with Crippen molar-refractivity contribution in [3.63, 3.8) is 0 Å². The van der Waals surface area contributed by atoms with Gasteiger partial charge in [-0.15, -0.1) is 0 Å². The van der Waals surface area contributed by atoms with E-state index in [0.29, 0.717) is 18.1 Å². The highest BCUT2D eigenvalue weighted by atomic mass is 32.1. The first kappa shape index (κ1) is 24.5. The van der Waals surface area contributed by atoms with Crippen molar-refractivity contribution >= 4 is 33.2 Å². The number of hydrogen-bond acceptors (Lipinski definition) is 6. The fourth-order valence-corrected chi connectivity index (χ4v) is 6.64. The third-order valence-electron chi connectivity index (χ3n) is 8.05. The lowest BCUT2D eigenvalue weighted by atomic mass is 9.77. The number of benzene rings is 1. The Labute approximate surface area is 213 Å². The summed E-state index contributed by atoms with van der Waals surface area (Å²) in [7, 11) is 0. The van der Waals surface area contributed by atoms with Crippen LogP contribution in [0.4, 0.5) is 5.82 Å². The van der Waals surface area contributed by atoms with Crippen molar-refractivity contribution in [2.24, 2.45) is 11.8 Å². The van der Waals surface area contributed by atoms with E-state index >= 15 is 0 Å². The summed E-state index contributed by atoms with van der Waals surface area (Å²) in [4.78, 5) is 18.0. The second kappa shape index (κ2) is 10.4. The number of ketones is 1. The molecule has 0 unspecified atom stereocenters. The summed E-state index contributed by atoms with van der Waals surface area (Å²) in [6.07, 6.45) is 8.45. The molecule has 0 bridgehead atoms. The molecule has 1 aliphatic carbocycles. The van der Waals surface area contributed by atoms with Crippen molar-refractivity contribution < 1.29 is 9.21 Å². The number of furan rings is 1. The quantitative estimate of drug-likeness (QED) is 0.340. The number of aromatic nitrogens is 1. The molecule has 0 N–H and O–H groups in total. The van der Waals surface area contributed by atoms with Crippen LogP contribution < -0.4 is 4.90 Å². The molecule has 0 atom stereocenters. The first-order valence-electron chi connectivity index (χ1n) is 13.3. The Morgan fingerprint density at radius 1 is 1.03 bits per heavy atom. The van der Waals surface area contributed by atoms with E-state index in [9.17, 15) is 4.79 Å². The molecule has 0 radical (unpaired) electrons. The number of fused-ring (bicyclic) bond motifs is 1. The molecule has 5 nitrogen and oxygen atoms in total. The molecular formula is C29H39N3O2S. The summed E-state index contributed by atoms with van der Waals surface area (Å²) < 4.78 is 11.6. The van der Waals surface area contributed by atoms with Gasteiger partial charge in [-0.25, -0.2) is 0 Å². The first-order chi connectivity index (χ1) is 16.9. The largest absolute Gasteiger partial charge is 0.461 e. The summed E-state index contributed by atoms with van der Waals surface area (Å²) in [5, 5.41) is 1.29. The molecule has 1 aromatic carbocycles. The second-order valence-corrected chi connectivity index (χ2v) is 12.4. The van der Waals surface area contributed by atoms with Crippen LogP contribution in [-0.2, 0) is 5.41 Å². The van der Waals surface area contributed by atoms with Gasteiger partial charge in [0, 0.05) is 43.5 Å². The molecular weight excluding hydrogens is 454 g/mol. The number of Topliss-reactive ketones (excluding diaryl/α,β-unsaturated/α-hetero) is 1. The Morgan fingerprint density at radius 3 is 2.49 bits per heavy atom. The van der Waals surface area contributed by atoms with E-state index in [1.54, 1.807) is 17.8 Å². The highest BCUT2D eigenvalue weighted by molar-refractivity contribution is 7.13. The molecule has 188 valence electrons. The van der Waals surface area contributed by atoms with Gasteiger partial charge in [-0.1, -0.05) is 45.7 Å². The maximum Gasteiger partial charge on any atom is 0.198 e. The lowest BCUT2D eigenvalue weighted by Crippen LogP contribution is -2.47. The van der Waals surface area contributed by atoms with Gasteiger partial charge in [-0.05, 0) is 72.8 Å². The van der Waals surface area contributed by atoms with Crippen molar-refractivity contribution in [1.29, 1.82) is 0 Å². The van der Waals surface area contributed by atoms with Gasteiger partial charge in [0.1, 0.15) is 5.82 Å². The van der Waals surface area contributed by atoms with Crippen molar-refractivity contribution in [3.05, 3.63) is 47.9 Å². The molecule has 5 rings (SSSR count). The lowest BCUT2D eigenvalue weighted by molar-refractivity contribution is 0.0909. The van der Waals surface area contributed by atoms with Crippen LogP contribution in [0.15, 0.2) is 41.0 Å².